The summed E-state index contributed by atoms with van der Waals surface area (Å²) in [5.74, 6) is 0.743. The van der Waals surface area contributed by atoms with Crippen molar-refractivity contribution in [1.82, 2.24) is 15.5 Å². The van der Waals surface area contributed by atoms with E-state index in [1.165, 1.54) is 0 Å². The van der Waals surface area contributed by atoms with Gasteiger partial charge >= 0.3 is 6.18 Å². The van der Waals surface area contributed by atoms with Crippen LogP contribution in [0.15, 0.2) is 29.3 Å². The van der Waals surface area contributed by atoms with Crippen LogP contribution in [-0.4, -0.2) is 57.4 Å². The highest BCUT2D eigenvalue weighted by Crippen LogP contribution is 2.16. The molecular formula is C20H33F3N4O. The minimum absolute atomic E-state index is 0.0613. The third-order valence-electron chi connectivity index (χ3n) is 3.80. The summed E-state index contributed by atoms with van der Waals surface area (Å²) in [5.41, 5.74) is 1.77. The van der Waals surface area contributed by atoms with Crippen LogP contribution in [0.4, 0.5) is 13.2 Å². The van der Waals surface area contributed by atoms with Gasteiger partial charge in [0.2, 0.25) is 0 Å². The van der Waals surface area contributed by atoms with Crippen LogP contribution in [0.5, 0.6) is 0 Å². The molecule has 0 heterocycles. The molecule has 0 aliphatic rings. The normalized spacial score (nSPS) is 13.1. The summed E-state index contributed by atoms with van der Waals surface area (Å²) in [7, 11) is 4.11. The summed E-state index contributed by atoms with van der Waals surface area (Å²) < 4.78 is 41.0. The van der Waals surface area contributed by atoms with E-state index in [0.717, 1.165) is 31.2 Å². The van der Waals surface area contributed by atoms with E-state index in [0.29, 0.717) is 12.1 Å². The van der Waals surface area contributed by atoms with Gasteiger partial charge in [0.1, 0.15) is 6.61 Å². The fraction of sp³-hybridized carbons (Fsp3) is 0.650. The molecule has 0 unspecified atom stereocenters. The largest absolute Gasteiger partial charge is 0.411 e. The second-order valence-electron chi connectivity index (χ2n) is 7.88. The number of hydrogen-bond acceptors (Lipinski definition) is 3. The number of guanidine groups is 1. The molecule has 0 spiro atoms. The topological polar surface area (TPSA) is 48.9 Å². The van der Waals surface area contributed by atoms with Crippen LogP contribution in [0.3, 0.4) is 0 Å². The lowest BCUT2D eigenvalue weighted by atomic mass is 9.93. The Bertz CT molecular complexity index is 598. The minimum Gasteiger partial charge on any atom is -0.367 e. The van der Waals surface area contributed by atoms with Crippen molar-refractivity contribution in [2.75, 3.05) is 40.3 Å². The molecule has 28 heavy (non-hydrogen) atoms. The maximum atomic E-state index is 12.1. The molecule has 0 aliphatic heterocycles. The van der Waals surface area contributed by atoms with Gasteiger partial charge in [-0.2, -0.15) is 13.2 Å². The van der Waals surface area contributed by atoms with Gasteiger partial charge < -0.3 is 20.3 Å². The lowest BCUT2D eigenvalue weighted by molar-refractivity contribution is -0.176. The standard InChI is InChI=1S/C20H33F3N4O/c1-6-24-18(26-13-19(2,3)14-27(4)5)25-11-16-7-9-17(10-8-16)12-28-15-20(21,22)23/h7-10H,6,11-15H2,1-5H3,(H2,24,25,26). The Morgan fingerprint density at radius 3 is 2.21 bits per heavy atom. The first kappa shape index (κ1) is 24.2. The SMILES string of the molecule is CCNC(=NCc1ccc(COCC(F)(F)F)cc1)NCC(C)(C)CN(C)C. The zero-order chi connectivity index (χ0) is 21.2. The molecule has 0 saturated heterocycles. The van der Waals surface area contributed by atoms with Crippen molar-refractivity contribution in [2.24, 2.45) is 10.4 Å². The van der Waals surface area contributed by atoms with Crippen molar-refractivity contribution in [1.29, 1.82) is 0 Å². The minimum atomic E-state index is -4.30. The van der Waals surface area contributed by atoms with Gasteiger partial charge in [-0.15, -0.1) is 0 Å². The number of nitrogens with zero attached hydrogens (tertiary/aromatic N) is 2. The molecule has 0 aromatic heterocycles. The highest BCUT2D eigenvalue weighted by atomic mass is 19.4. The molecule has 5 nitrogen and oxygen atoms in total. The van der Waals surface area contributed by atoms with Crippen LogP contribution in [0, 0.1) is 5.41 Å². The van der Waals surface area contributed by atoms with Gasteiger partial charge in [-0.1, -0.05) is 38.1 Å². The van der Waals surface area contributed by atoms with Crippen molar-refractivity contribution >= 4 is 5.96 Å². The quantitative estimate of drug-likeness (QED) is 0.465. The molecule has 8 heteroatoms. The monoisotopic (exact) mass is 402 g/mol. The van der Waals surface area contributed by atoms with E-state index in [9.17, 15) is 13.2 Å². The lowest BCUT2D eigenvalue weighted by Crippen LogP contribution is -2.44. The fourth-order valence-electron chi connectivity index (χ4n) is 2.77. The number of rotatable bonds is 10. The summed E-state index contributed by atoms with van der Waals surface area (Å²) in [5, 5.41) is 6.61. The molecule has 1 rings (SSSR count). The van der Waals surface area contributed by atoms with Crippen LogP contribution in [0.25, 0.3) is 0 Å². The van der Waals surface area contributed by atoms with Gasteiger partial charge in [0.25, 0.3) is 0 Å². The van der Waals surface area contributed by atoms with E-state index in [2.05, 4.69) is 53.2 Å². The van der Waals surface area contributed by atoms with Crippen LogP contribution in [0.2, 0.25) is 0 Å². The number of alkyl halides is 3. The summed E-state index contributed by atoms with van der Waals surface area (Å²) in [6.45, 7) is 8.09. The van der Waals surface area contributed by atoms with Crippen LogP contribution in [0.1, 0.15) is 31.9 Å². The molecule has 1 aromatic rings. The van der Waals surface area contributed by atoms with E-state index in [4.69, 9.17) is 0 Å². The highest BCUT2D eigenvalue weighted by molar-refractivity contribution is 5.79. The smallest absolute Gasteiger partial charge is 0.367 e. The van der Waals surface area contributed by atoms with Crippen molar-refractivity contribution in [3.63, 3.8) is 0 Å². The fourth-order valence-corrected chi connectivity index (χ4v) is 2.77. The Morgan fingerprint density at radius 1 is 1.07 bits per heavy atom. The zero-order valence-corrected chi connectivity index (χ0v) is 17.5. The first-order valence-electron chi connectivity index (χ1n) is 9.40. The van der Waals surface area contributed by atoms with Gasteiger partial charge in [-0.3, -0.25) is 0 Å². The van der Waals surface area contributed by atoms with E-state index >= 15 is 0 Å². The second-order valence-corrected chi connectivity index (χ2v) is 7.88. The van der Waals surface area contributed by atoms with Gasteiger partial charge in [-0.25, -0.2) is 4.99 Å². The average molecular weight is 403 g/mol. The van der Waals surface area contributed by atoms with Crippen LogP contribution < -0.4 is 10.6 Å². The molecule has 2 N–H and O–H groups in total. The Balaban J connectivity index is 2.57. The summed E-state index contributed by atoms with van der Waals surface area (Å²) in [6, 6.07) is 7.24. The second kappa shape index (κ2) is 11.3. The third-order valence-corrected chi connectivity index (χ3v) is 3.80. The Hall–Kier alpha value is -1.80. The summed E-state index contributed by atoms with van der Waals surface area (Å²) in [4.78, 5) is 6.75. The Labute approximate surface area is 166 Å². The maximum absolute atomic E-state index is 12.1. The average Bonchev–Trinajstić information content (AvgIpc) is 2.56. The van der Waals surface area contributed by atoms with E-state index < -0.39 is 12.8 Å². The molecule has 0 saturated carbocycles. The van der Waals surface area contributed by atoms with Gasteiger partial charge in [-0.05, 0) is 37.6 Å². The van der Waals surface area contributed by atoms with Crippen LogP contribution >= 0.6 is 0 Å². The predicted molar refractivity (Wildman–Crippen MR) is 107 cm³/mol. The van der Waals surface area contributed by atoms with Crippen molar-refractivity contribution < 1.29 is 17.9 Å². The lowest BCUT2D eigenvalue weighted by Gasteiger charge is -2.29. The van der Waals surface area contributed by atoms with Crippen molar-refractivity contribution in [2.45, 2.75) is 40.1 Å². The number of halogens is 3. The molecule has 0 amide bonds. The first-order valence-corrected chi connectivity index (χ1v) is 9.40. The number of hydrogen-bond donors (Lipinski definition) is 2. The highest BCUT2D eigenvalue weighted by Gasteiger charge is 2.27. The molecule has 0 atom stereocenters. The van der Waals surface area contributed by atoms with Gasteiger partial charge in [0.05, 0.1) is 13.2 Å². The molecule has 0 fully saturated rings. The Morgan fingerprint density at radius 2 is 1.68 bits per heavy atom. The van der Waals surface area contributed by atoms with E-state index in [1.54, 1.807) is 12.1 Å². The summed E-state index contributed by atoms with van der Waals surface area (Å²) in [6.07, 6.45) is -4.30. The van der Waals surface area contributed by atoms with Gasteiger partial charge in [0.15, 0.2) is 5.96 Å². The van der Waals surface area contributed by atoms with Crippen molar-refractivity contribution in [3.05, 3.63) is 35.4 Å². The zero-order valence-electron chi connectivity index (χ0n) is 17.5. The molecule has 0 aliphatic carbocycles. The first-order chi connectivity index (χ1) is 13.0. The molecule has 160 valence electrons. The van der Waals surface area contributed by atoms with Gasteiger partial charge in [0, 0.05) is 19.6 Å². The summed E-state index contributed by atoms with van der Waals surface area (Å²) >= 11 is 0. The Kier molecular flexibility index (Phi) is 9.75. The number of ether oxygens (including phenoxy) is 1. The van der Waals surface area contributed by atoms with Crippen molar-refractivity contribution in [3.8, 4) is 0 Å². The third kappa shape index (κ3) is 11.1. The van der Waals surface area contributed by atoms with Crippen LogP contribution in [-0.2, 0) is 17.9 Å². The molecular weight excluding hydrogens is 369 g/mol. The molecule has 1 aromatic carbocycles. The number of benzene rings is 1. The molecule has 0 radical (unpaired) electrons. The predicted octanol–water partition coefficient (Wildman–Crippen LogP) is 3.41. The van der Waals surface area contributed by atoms with E-state index in [-0.39, 0.29) is 12.0 Å². The number of nitrogens with one attached hydrogen (secondary N) is 2. The molecule has 0 bridgehead atoms. The maximum Gasteiger partial charge on any atom is 0.411 e. The number of aliphatic imine (C=N–C) groups is 1. The van der Waals surface area contributed by atoms with E-state index in [1.807, 2.05) is 19.1 Å².